The van der Waals surface area contributed by atoms with Crippen molar-refractivity contribution in [2.24, 2.45) is 11.3 Å². The monoisotopic (exact) mass is 378 g/mol. The van der Waals surface area contributed by atoms with Gasteiger partial charge in [-0.3, -0.25) is 9.69 Å². The lowest BCUT2D eigenvalue weighted by atomic mass is 9.80. The zero-order chi connectivity index (χ0) is 19.6. The average Bonchev–Trinajstić information content (AvgIpc) is 3.25. The van der Waals surface area contributed by atoms with Crippen LogP contribution in [0.1, 0.15) is 40.7 Å². The van der Waals surface area contributed by atoms with E-state index in [9.17, 15) is 9.59 Å². The van der Waals surface area contributed by atoms with Crippen LogP contribution in [0.4, 0.5) is 0 Å². The maximum absolute atomic E-state index is 13.2. The van der Waals surface area contributed by atoms with Crippen molar-refractivity contribution in [1.82, 2.24) is 10.2 Å². The van der Waals surface area contributed by atoms with Crippen LogP contribution in [0, 0.1) is 11.3 Å². The molecule has 2 aromatic rings. The summed E-state index contributed by atoms with van der Waals surface area (Å²) in [6, 6.07) is 17.1. The van der Waals surface area contributed by atoms with E-state index in [0.29, 0.717) is 12.5 Å². The molecule has 146 valence electrons. The normalized spacial score (nSPS) is 24.1. The van der Waals surface area contributed by atoms with E-state index in [0.717, 1.165) is 44.5 Å². The highest BCUT2D eigenvalue weighted by atomic mass is 16.4. The van der Waals surface area contributed by atoms with Gasteiger partial charge in [0.15, 0.2) is 0 Å². The van der Waals surface area contributed by atoms with Crippen LogP contribution >= 0.6 is 0 Å². The Hall–Kier alpha value is -2.66. The topological polar surface area (TPSA) is 69.6 Å². The molecule has 0 radical (unpaired) electrons. The Morgan fingerprint density at radius 3 is 2.54 bits per heavy atom. The Labute approximate surface area is 165 Å². The molecule has 2 atom stereocenters. The van der Waals surface area contributed by atoms with E-state index in [2.05, 4.69) is 34.5 Å². The molecule has 5 nitrogen and oxygen atoms in total. The molecule has 2 fully saturated rings. The minimum absolute atomic E-state index is 0.146. The number of likely N-dealkylation sites (tertiary alicyclic amines) is 1. The fraction of sp³-hybridized carbons (Fsp3) is 0.391. The average molecular weight is 378 g/mol. The molecule has 1 aliphatic carbocycles. The van der Waals surface area contributed by atoms with Crippen LogP contribution in [0.15, 0.2) is 54.6 Å². The standard InChI is InChI=1S/C23H26N2O3/c26-21(27)19-10-8-17(9-11-19)13-24-22(28)23-12-4-7-20(23)15-25(16-23)14-18-5-2-1-3-6-18/h1-3,5-6,8-11,20H,4,7,12-16H2,(H,24,28)(H,26,27)/t20-,23-/m1/s1. The highest BCUT2D eigenvalue weighted by molar-refractivity contribution is 5.87. The van der Waals surface area contributed by atoms with Gasteiger partial charge in [0.1, 0.15) is 0 Å². The molecule has 1 saturated carbocycles. The van der Waals surface area contributed by atoms with Crippen LogP contribution in [0.5, 0.6) is 0 Å². The molecule has 1 saturated heterocycles. The van der Waals surface area contributed by atoms with E-state index >= 15 is 0 Å². The predicted octanol–water partition coefficient (Wildman–Crippen LogP) is 3.30. The number of nitrogens with zero attached hydrogens (tertiary/aromatic N) is 1. The number of carbonyl (C=O) groups is 2. The maximum atomic E-state index is 13.2. The molecule has 5 heteroatoms. The fourth-order valence-electron chi connectivity index (χ4n) is 4.85. The van der Waals surface area contributed by atoms with Gasteiger partial charge in [-0.15, -0.1) is 0 Å². The second-order valence-electron chi connectivity index (χ2n) is 8.09. The smallest absolute Gasteiger partial charge is 0.335 e. The predicted molar refractivity (Wildman–Crippen MR) is 107 cm³/mol. The Morgan fingerprint density at radius 2 is 1.82 bits per heavy atom. The lowest BCUT2D eigenvalue weighted by Crippen LogP contribution is -2.44. The summed E-state index contributed by atoms with van der Waals surface area (Å²) in [5.41, 5.74) is 2.19. The lowest BCUT2D eigenvalue weighted by molar-refractivity contribution is -0.131. The van der Waals surface area contributed by atoms with Crippen molar-refractivity contribution in [1.29, 1.82) is 0 Å². The third kappa shape index (κ3) is 3.67. The highest BCUT2D eigenvalue weighted by Crippen LogP contribution is 2.49. The molecule has 0 unspecified atom stereocenters. The second kappa shape index (κ2) is 7.76. The molecule has 1 amide bonds. The Balaban J connectivity index is 1.40. The van der Waals surface area contributed by atoms with Gasteiger partial charge < -0.3 is 10.4 Å². The van der Waals surface area contributed by atoms with E-state index in [-0.39, 0.29) is 16.9 Å². The number of carboxylic acid groups (broad SMARTS) is 1. The number of amides is 1. The number of hydrogen-bond donors (Lipinski definition) is 2. The molecule has 1 aliphatic heterocycles. The van der Waals surface area contributed by atoms with Gasteiger partial charge in [0.2, 0.25) is 5.91 Å². The van der Waals surface area contributed by atoms with Gasteiger partial charge in [0, 0.05) is 26.2 Å². The molecule has 0 aromatic heterocycles. The first kappa shape index (κ1) is 18.7. The molecule has 1 heterocycles. The van der Waals surface area contributed by atoms with E-state index < -0.39 is 5.97 Å². The van der Waals surface area contributed by atoms with Crippen LogP contribution in [-0.4, -0.2) is 35.0 Å². The third-order valence-corrected chi connectivity index (χ3v) is 6.30. The van der Waals surface area contributed by atoms with Crippen molar-refractivity contribution >= 4 is 11.9 Å². The molecule has 0 bridgehead atoms. The molecule has 2 N–H and O–H groups in total. The van der Waals surface area contributed by atoms with E-state index in [1.54, 1.807) is 24.3 Å². The number of hydrogen-bond acceptors (Lipinski definition) is 3. The van der Waals surface area contributed by atoms with Gasteiger partial charge in [-0.05, 0) is 42.0 Å². The van der Waals surface area contributed by atoms with Crippen molar-refractivity contribution in [2.45, 2.75) is 32.4 Å². The Morgan fingerprint density at radius 1 is 1.07 bits per heavy atom. The number of carboxylic acids is 1. The lowest BCUT2D eigenvalue weighted by Gasteiger charge is -2.28. The summed E-state index contributed by atoms with van der Waals surface area (Å²) < 4.78 is 0. The zero-order valence-corrected chi connectivity index (χ0v) is 15.9. The maximum Gasteiger partial charge on any atom is 0.335 e. The van der Waals surface area contributed by atoms with Crippen LogP contribution < -0.4 is 5.32 Å². The minimum Gasteiger partial charge on any atom is -0.478 e. The van der Waals surface area contributed by atoms with Gasteiger partial charge in [-0.25, -0.2) is 4.79 Å². The van der Waals surface area contributed by atoms with Gasteiger partial charge in [0.05, 0.1) is 11.0 Å². The number of aromatic carboxylic acids is 1. The number of fused-ring (bicyclic) bond motifs is 1. The molecule has 28 heavy (non-hydrogen) atoms. The third-order valence-electron chi connectivity index (χ3n) is 6.30. The van der Waals surface area contributed by atoms with Gasteiger partial charge in [-0.2, -0.15) is 0 Å². The van der Waals surface area contributed by atoms with Crippen LogP contribution in [-0.2, 0) is 17.9 Å². The zero-order valence-electron chi connectivity index (χ0n) is 15.9. The quantitative estimate of drug-likeness (QED) is 0.809. The molecule has 0 spiro atoms. The number of nitrogens with one attached hydrogen (secondary N) is 1. The van der Waals surface area contributed by atoms with E-state index in [4.69, 9.17) is 5.11 Å². The van der Waals surface area contributed by atoms with E-state index in [1.165, 1.54) is 5.56 Å². The second-order valence-corrected chi connectivity index (χ2v) is 8.09. The van der Waals surface area contributed by atoms with Crippen molar-refractivity contribution < 1.29 is 14.7 Å². The first-order valence-electron chi connectivity index (χ1n) is 9.94. The summed E-state index contributed by atoms with van der Waals surface area (Å²) in [5, 5.41) is 12.1. The molecule has 2 aromatic carbocycles. The highest BCUT2D eigenvalue weighted by Gasteiger charge is 2.54. The number of benzene rings is 2. The Kier molecular flexibility index (Phi) is 5.18. The van der Waals surface area contributed by atoms with Gasteiger partial charge >= 0.3 is 5.97 Å². The van der Waals surface area contributed by atoms with Gasteiger partial charge in [-0.1, -0.05) is 48.9 Å². The summed E-state index contributed by atoms with van der Waals surface area (Å²) in [7, 11) is 0. The van der Waals surface area contributed by atoms with Crippen molar-refractivity contribution in [2.75, 3.05) is 13.1 Å². The SMILES string of the molecule is O=C(O)c1ccc(CNC(=O)[C@@]23CCC[C@@H]2CN(Cc2ccccc2)C3)cc1. The van der Waals surface area contributed by atoms with Crippen molar-refractivity contribution in [3.63, 3.8) is 0 Å². The summed E-state index contributed by atoms with van der Waals surface area (Å²) in [4.78, 5) is 26.5. The largest absolute Gasteiger partial charge is 0.478 e. The van der Waals surface area contributed by atoms with Gasteiger partial charge in [0.25, 0.3) is 0 Å². The molecule has 4 rings (SSSR count). The first-order chi connectivity index (χ1) is 13.6. The first-order valence-corrected chi connectivity index (χ1v) is 9.94. The molecular formula is C23H26N2O3. The van der Waals surface area contributed by atoms with Crippen molar-refractivity contribution in [3.05, 3.63) is 71.3 Å². The Bertz CT molecular complexity index is 850. The minimum atomic E-state index is -0.937. The fourth-order valence-corrected chi connectivity index (χ4v) is 4.85. The number of carbonyl (C=O) groups excluding carboxylic acids is 1. The summed E-state index contributed by atoms with van der Waals surface area (Å²) in [5.74, 6) is -0.369. The molecular weight excluding hydrogens is 352 g/mol. The molecule has 2 aliphatic rings. The van der Waals surface area contributed by atoms with Crippen molar-refractivity contribution in [3.8, 4) is 0 Å². The van der Waals surface area contributed by atoms with Crippen LogP contribution in [0.3, 0.4) is 0 Å². The van der Waals surface area contributed by atoms with E-state index in [1.807, 2.05) is 6.07 Å². The number of rotatable bonds is 6. The van der Waals surface area contributed by atoms with Crippen LogP contribution in [0.25, 0.3) is 0 Å². The summed E-state index contributed by atoms with van der Waals surface area (Å²) in [6.07, 6.45) is 3.18. The summed E-state index contributed by atoms with van der Waals surface area (Å²) in [6.45, 7) is 3.13. The summed E-state index contributed by atoms with van der Waals surface area (Å²) >= 11 is 0. The van der Waals surface area contributed by atoms with Crippen LogP contribution in [0.2, 0.25) is 0 Å².